The standard InChI is InChI=1S/C11H13NO/c1-3-9(8-13)10-6-4-5-7-11(10)12-2/h3-8,12H,1-2H3/p+1/b9-3-. The van der Waals surface area contributed by atoms with Crippen molar-refractivity contribution in [2.75, 3.05) is 7.05 Å². The van der Waals surface area contributed by atoms with Crippen LogP contribution in [-0.2, 0) is 4.79 Å². The largest absolute Gasteiger partial charge is 0.316 e. The molecule has 0 saturated heterocycles. The van der Waals surface area contributed by atoms with Crippen LogP contribution in [0, 0.1) is 0 Å². The molecular formula is C11H14NO+. The number of allylic oxidation sites excluding steroid dienone is 2. The second-order valence-corrected chi connectivity index (χ2v) is 2.74. The van der Waals surface area contributed by atoms with Gasteiger partial charge >= 0.3 is 0 Å². The predicted molar refractivity (Wildman–Crippen MR) is 53.7 cm³/mol. The van der Waals surface area contributed by atoms with Gasteiger partial charge in [0.25, 0.3) is 0 Å². The quantitative estimate of drug-likeness (QED) is 0.418. The molecule has 0 atom stereocenters. The predicted octanol–water partition coefficient (Wildman–Crippen LogP) is 1.11. The fraction of sp³-hybridized carbons (Fsp3) is 0.182. The molecule has 2 heteroatoms. The number of hydrogen-bond donors (Lipinski definition) is 1. The van der Waals surface area contributed by atoms with Gasteiger partial charge in [0.15, 0.2) is 6.29 Å². The van der Waals surface area contributed by atoms with E-state index in [2.05, 4.69) is 0 Å². The molecule has 1 aromatic carbocycles. The van der Waals surface area contributed by atoms with Crippen LogP contribution in [0.4, 0.5) is 5.69 Å². The highest BCUT2D eigenvalue weighted by Gasteiger charge is 2.06. The van der Waals surface area contributed by atoms with Crippen molar-refractivity contribution in [1.82, 2.24) is 0 Å². The van der Waals surface area contributed by atoms with Gasteiger partial charge in [-0.1, -0.05) is 18.2 Å². The minimum Gasteiger partial charge on any atom is -0.316 e. The van der Waals surface area contributed by atoms with E-state index in [1.807, 2.05) is 49.6 Å². The minimum absolute atomic E-state index is 0.744. The molecule has 0 bridgehead atoms. The van der Waals surface area contributed by atoms with E-state index in [9.17, 15) is 4.79 Å². The summed E-state index contributed by atoms with van der Waals surface area (Å²) in [6, 6.07) is 7.87. The Morgan fingerprint density at radius 2 is 2.08 bits per heavy atom. The lowest BCUT2D eigenvalue weighted by atomic mass is 10.1. The van der Waals surface area contributed by atoms with Crippen molar-refractivity contribution in [3.05, 3.63) is 35.9 Å². The summed E-state index contributed by atoms with van der Waals surface area (Å²) < 4.78 is 0. The molecule has 0 aromatic heterocycles. The molecule has 68 valence electrons. The number of quaternary nitrogens is 1. The van der Waals surface area contributed by atoms with Crippen molar-refractivity contribution in [2.24, 2.45) is 0 Å². The van der Waals surface area contributed by atoms with Gasteiger partial charge in [-0.25, -0.2) is 0 Å². The maximum atomic E-state index is 10.7. The average molecular weight is 176 g/mol. The van der Waals surface area contributed by atoms with Crippen molar-refractivity contribution in [3.8, 4) is 0 Å². The van der Waals surface area contributed by atoms with E-state index >= 15 is 0 Å². The number of carbonyl (C=O) groups is 1. The minimum atomic E-state index is 0.744. The van der Waals surface area contributed by atoms with Crippen LogP contribution in [0.25, 0.3) is 5.57 Å². The smallest absolute Gasteiger partial charge is 0.150 e. The molecule has 0 radical (unpaired) electrons. The molecule has 0 unspecified atom stereocenters. The van der Waals surface area contributed by atoms with Crippen LogP contribution in [-0.4, -0.2) is 13.3 Å². The van der Waals surface area contributed by atoms with E-state index in [0.29, 0.717) is 0 Å². The van der Waals surface area contributed by atoms with E-state index in [1.165, 1.54) is 0 Å². The van der Waals surface area contributed by atoms with Crippen LogP contribution < -0.4 is 5.32 Å². The zero-order valence-electron chi connectivity index (χ0n) is 7.95. The Hall–Kier alpha value is -1.41. The summed E-state index contributed by atoms with van der Waals surface area (Å²) in [5, 5.41) is 2.00. The highest BCUT2D eigenvalue weighted by atomic mass is 16.1. The van der Waals surface area contributed by atoms with E-state index in [1.54, 1.807) is 0 Å². The molecule has 0 aliphatic heterocycles. The van der Waals surface area contributed by atoms with Crippen molar-refractivity contribution in [2.45, 2.75) is 6.92 Å². The second kappa shape index (κ2) is 4.58. The summed E-state index contributed by atoms with van der Waals surface area (Å²) in [5.41, 5.74) is 2.85. The highest BCUT2D eigenvalue weighted by molar-refractivity contribution is 6.08. The first-order chi connectivity index (χ1) is 6.33. The SMILES string of the molecule is C/C=C(/C=O)c1ccccc1[NH2+]C. The average Bonchev–Trinajstić information content (AvgIpc) is 2.20. The van der Waals surface area contributed by atoms with E-state index < -0.39 is 0 Å². The Morgan fingerprint density at radius 3 is 2.62 bits per heavy atom. The monoisotopic (exact) mass is 176 g/mol. The molecule has 0 heterocycles. The molecule has 1 rings (SSSR count). The van der Waals surface area contributed by atoms with Gasteiger partial charge in [0, 0.05) is 11.1 Å². The lowest BCUT2D eigenvalue weighted by Gasteiger charge is -2.03. The molecule has 0 fully saturated rings. The van der Waals surface area contributed by atoms with E-state index in [0.717, 1.165) is 23.1 Å². The van der Waals surface area contributed by atoms with Gasteiger partial charge in [0.1, 0.15) is 5.69 Å². The number of para-hydroxylation sites is 1. The van der Waals surface area contributed by atoms with Gasteiger partial charge in [0.05, 0.1) is 7.05 Å². The van der Waals surface area contributed by atoms with Crippen LogP contribution in [0.3, 0.4) is 0 Å². The lowest BCUT2D eigenvalue weighted by molar-refractivity contribution is -0.539. The number of nitrogens with two attached hydrogens (primary N) is 1. The first-order valence-corrected chi connectivity index (χ1v) is 4.33. The molecule has 13 heavy (non-hydrogen) atoms. The Balaban J connectivity index is 3.19. The Morgan fingerprint density at radius 1 is 1.38 bits per heavy atom. The fourth-order valence-corrected chi connectivity index (χ4v) is 1.30. The van der Waals surface area contributed by atoms with E-state index in [-0.39, 0.29) is 0 Å². The molecule has 2 N–H and O–H groups in total. The second-order valence-electron chi connectivity index (χ2n) is 2.74. The van der Waals surface area contributed by atoms with Gasteiger partial charge < -0.3 is 5.32 Å². The number of aldehydes is 1. The lowest BCUT2D eigenvalue weighted by Crippen LogP contribution is -2.73. The van der Waals surface area contributed by atoms with Gasteiger partial charge in [-0.3, -0.25) is 4.79 Å². The van der Waals surface area contributed by atoms with Gasteiger partial charge in [-0.2, -0.15) is 0 Å². The Kier molecular flexibility index (Phi) is 3.41. The van der Waals surface area contributed by atoms with Crippen LogP contribution in [0.2, 0.25) is 0 Å². The van der Waals surface area contributed by atoms with Crippen LogP contribution >= 0.6 is 0 Å². The maximum Gasteiger partial charge on any atom is 0.150 e. The third kappa shape index (κ3) is 2.04. The summed E-state index contributed by atoms with van der Waals surface area (Å²) in [6.45, 7) is 1.87. The van der Waals surface area contributed by atoms with Crippen LogP contribution in [0.1, 0.15) is 12.5 Å². The van der Waals surface area contributed by atoms with Crippen molar-refractivity contribution >= 4 is 17.5 Å². The number of rotatable bonds is 3. The summed E-state index contributed by atoms with van der Waals surface area (Å²) in [7, 11) is 1.97. The molecule has 0 spiro atoms. The van der Waals surface area contributed by atoms with Gasteiger partial charge in [-0.05, 0) is 19.1 Å². The van der Waals surface area contributed by atoms with Crippen molar-refractivity contribution < 1.29 is 10.1 Å². The fourth-order valence-electron chi connectivity index (χ4n) is 1.30. The van der Waals surface area contributed by atoms with Gasteiger partial charge in [0.2, 0.25) is 0 Å². The molecule has 0 amide bonds. The third-order valence-corrected chi connectivity index (χ3v) is 2.02. The first kappa shape index (κ1) is 9.68. The molecule has 0 aliphatic carbocycles. The van der Waals surface area contributed by atoms with Gasteiger partial charge in [-0.15, -0.1) is 0 Å². The molecule has 0 saturated carbocycles. The molecular weight excluding hydrogens is 162 g/mol. The van der Waals surface area contributed by atoms with Crippen molar-refractivity contribution in [1.29, 1.82) is 0 Å². The molecule has 1 aromatic rings. The van der Waals surface area contributed by atoms with E-state index in [4.69, 9.17) is 0 Å². The molecule has 0 aliphatic rings. The molecule has 2 nitrogen and oxygen atoms in total. The maximum absolute atomic E-state index is 10.7. The first-order valence-electron chi connectivity index (χ1n) is 4.33. The zero-order chi connectivity index (χ0) is 9.68. The zero-order valence-corrected chi connectivity index (χ0v) is 7.95. The Labute approximate surface area is 78.3 Å². The highest BCUT2D eigenvalue weighted by Crippen LogP contribution is 2.17. The number of benzene rings is 1. The summed E-state index contributed by atoms with van der Waals surface area (Å²) >= 11 is 0. The summed E-state index contributed by atoms with van der Waals surface area (Å²) in [5.74, 6) is 0. The van der Waals surface area contributed by atoms with Crippen LogP contribution in [0.5, 0.6) is 0 Å². The van der Waals surface area contributed by atoms with Crippen LogP contribution in [0.15, 0.2) is 30.3 Å². The van der Waals surface area contributed by atoms with Crippen molar-refractivity contribution in [3.63, 3.8) is 0 Å². The topological polar surface area (TPSA) is 33.7 Å². The Bertz CT molecular complexity index is 329. The normalized spacial score (nSPS) is 11.4. The third-order valence-electron chi connectivity index (χ3n) is 2.02. The summed E-state index contributed by atoms with van der Waals surface area (Å²) in [4.78, 5) is 10.7. The number of carbonyl (C=O) groups excluding carboxylic acids is 1. The number of hydrogen-bond acceptors (Lipinski definition) is 1. The summed E-state index contributed by atoms with van der Waals surface area (Å²) in [6.07, 6.45) is 2.72.